The Balaban J connectivity index is 2.08. The zero-order valence-corrected chi connectivity index (χ0v) is 11.0. The van der Waals surface area contributed by atoms with Gasteiger partial charge < -0.3 is 5.73 Å². The number of nitrogens with zero attached hydrogens (tertiary/aromatic N) is 1. The van der Waals surface area contributed by atoms with Crippen molar-refractivity contribution in [3.05, 3.63) is 34.4 Å². The predicted octanol–water partition coefficient (Wildman–Crippen LogP) is 0.754. The molecule has 0 amide bonds. The summed E-state index contributed by atoms with van der Waals surface area (Å²) < 4.78 is 26.4. The summed E-state index contributed by atoms with van der Waals surface area (Å²) >= 11 is 0. The molecule has 0 saturated heterocycles. The van der Waals surface area contributed by atoms with Gasteiger partial charge in [0.1, 0.15) is 0 Å². The Morgan fingerprint density at radius 2 is 1.89 bits per heavy atom. The van der Waals surface area contributed by atoms with E-state index >= 15 is 0 Å². The van der Waals surface area contributed by atoms with Crippen LogP contribution in [-0.2, 0) is 10.0 Å². The van der Waals surface area contributed by atoms with Crippen LogP contribution >= 0.6 is 0 Å². The molecule has 0 spiro atoms. The lowest BCUT2D eigenvalue weighted by atomic mass is 9.78. The van der Waals surface area contributed by atoms with Crippen molar-refractivity contribution < 1.29 is 13.3 Å². The Hall–Kier alpha value is -1.51. The first-order valence-corrected chi connectivity index (χ1v) is 7.34. The van der Waals surface area contributed by atoms with E-state index < -0.39 is 20.5 Å². The summed E-state index contributed by atoms with van der Waals surface area (Å²) in [5.74, 6) is 0. The Labute approximate surface area is 111 Å². The molecule has 1 aromatic rings. The van der Waals surface area contributed by atoms with E-state index in [2.05, 4.69) is 4.72 Å². The number of sulfonamides is 1. The summed E-state index contributed by atoms with van der Waals surface area (Å²) in [7, 11) is -3.66. The maximum Gasteiger partial charge on any atom is 0.269 e. The van der Waals surface area contributed by atoms with E-state index in [-0.39, 0.29) is 17.1 Å². The predicted molar refractivity (Wildman–Crippen MR) is 69.1 cm³/mol. The van der Waals surface area contributed by atoms with E-state index in [9.17, 15) is 18.5 Å². The normalized spacial score (nSPS) is 17.7. The molecule has 8 heteroatoms. The molecule has 2 rings (SSSR count). The molecule has 0 atom stereocenters. The quantitative estimate of drug-likeness (QED) is 0.612. The molecule has 0 unspecified atom stereocenters. The molecule has 0 radical (unpaired) electrons. The van der Waals surface area contributed by atoms with Gasteiger partial charge in [-0.25, -0.2) is 13.1 Å². The number of nitrogens with two attached hydrogens (primary N) is 1. The van der Waals surface area contributed by atoms with E-state index in [0.29, 0.717) is 0 Å². The fraction of sp³-hybridized carbons (Fsp3) is 0.455. The number of benzene rings is 1. The first-order chi connectivity index (χ1) is 8.82. The van der Waals surface area contributed by atoms with Gasteiger partial charge in [-0.15, -0.1) is 0 Å². The van der Waals surface area contributed by atoms with Gasteiger partial charge in [0, 0.05) is 24.2 Å². The van der Waals surface area contributed by atoms with Gasteiger partial charge in [-0.1, -0.05) is 0 Å². The zero-order valence-electron chi connectivity index (χ0n) is 10.2. The molecule has 104 valence electrons. The van der Waals surface area contributed by atoms with E-state index in [1.165, 1.54) is 12.1 Å². The first-order valence-electron chi connectivity index (χ1n) is 5.85. The third-order valence-corrected chi connectivity index (χ3v) is 4.74. The largest absolute Gasteiger partial charge is 0.324 e. The number of nitro groups is 1. The summed E-state index contributed by atoms with van der Waals surface area (Å²) in [6.45, 7) is 0.187. The molecule has 1 aromatic carbocycles. The second-order valence-corrected chi connectivity index (χ2v) is 6.56. The van der Waals surface area contributed by atoms with Crippen molar-refractivity contribution in [1.82, 2.24) is 4.72 Å². The SMILES string of the molecule is NC1(CNS(=O)(=O)c2ccc([N+](=O)[O-])cc2)CCC1. The van der Waals surface area contributed by atoms with Gasteiger partial charge in [-0.05, 0) is 31.4 Å². The molecule has 1 aliphatic rings. The monoisotopic (exact) mass is 285 g/mol. The van der Waals surface area contributed by atoms with Gasteiger partial charge in [0.05, 0.1) is 9.82 Å². The number of nitrogens with one attached hydrogen (secondary N) is 1. The summed E-state index contributed by atoms with van der Waals surface area (Å²) in [5, 5.41) is 10.5. The molecule has 0 bridgehead atoms. The lowest BCUT2D eigenvalue weighted by Crippen LogP contribution is -2.54. The van der Waals surface area contributed by atoms with Crippen LogP contribution in [0.25, 0.3) is 0 Å². The minimum atomic E-state index is -3.66. The van der Waals surface area contributed by atoms with E-state index in [1.807, 2.05) is 0 Å². The third kappa shape index (κ3) is 3.09. The van der Waals surface area contributed by atoms with Crippen LogP contribution in [0.5, 0.6) is 0 Å². The number of nitro benzene ring substituents is 1. The van der Waals surface area contributed by atoms with Crippen LogP contribution in [0.2, 0.25) is 0 Å². The van der Waals surface area contributed by atoms with Gasteiger partial charge in [0.2, 0.25) is 10.0 Å². The van der Waals surface area contributed by atoms with Gasteiger partial charge in [0.25, 0.3) is 5.69 Å². The highest BCUT2D eigenvalue weighted by molar-refractivity contribution is 7.89. The molecule has 3 N–H and O–H groups in total. The second-order valence-electron chi connectivity index (χ2n) is 4.79. The van der Waals surface area contributed by atoms with Gasteiger partial charge >= 0.3 is 0 Å². The van der Waals surface area contributed by atoms with Crippen LogP contribution in [0, 0.1) is 10.1 Å². The van der Waals surface area contributed by atoms with Crippen LogP contribution in [0.3, 0.4) is 0 Å². The highest BCUT2D eigenvalue weighted by Crippen LogP contribution is 2.28. The summed E-state index contributed by atoms with van der Waals surface area (Å²) in [5.41, 5.74) is 5.34. The van der Waals surface area contributed by atoms with Crippen molar-refractivity contribution in [2.75, 3.05) is 6.54 Å². The topological polar surface area (TPSA) is 115 Å². The van der Waals surface area contributed by atoms with Crippen LogP contribution < -0.4 is 10.5 Å². The zero-order chi connectivity index (χ0) is 14.1. The lowest BCUT2D eigenvalue weighted by Gasteiger charge is -2.37. The minimum absolute atomic E-state index is 0.000948. The summed E-state index contributed by atoms with van der Waals surface area (Å²) in [4.78, 5) is 9.91. The molecule has 0 aromatic heterocycles. The van der Waals surface area contributed by atoms with Crippen molar-refractivity contribution in [2.45, 2.75) is 29.7 Å². The van der Waals surface area contributed by atoms with Gasteiger partial charge in [-0.2, -0.15) is 0 Å². The van der Waals surface area contributed by atoms with E-state index in [0.717, 1.165) is 31.4 Å². The smallest absolute Gasteiger partial charge is 0.269 e. The van der Waals surface area contributed by atoms with Gasteiger partial charge in [0.15, 0.2) is 0 Å². The first kappa shape index (κ1) is 13.9. The van der Waals surface area contributed by atoms with Crippen molar-refractivity contribution in [2.24, 2.45) is 5.73 Å². The number of hydrogen-bond acceptors (Lipinski definition) is 5. The molecular weight excluding hydrogens is 270 g/mol. The molecule has 1 fully saturated rings. The number of rotatable bonds is 5. The Morgan fingerprint density at radius 3 is 2.32 bits per heavy atom. The molecule has 0 heterocycles. The van der Waals surface area contributed by atoms with Crippen LogP contribution in [-0.4, -0.2) is 25.4 Å². The average molecular weight is 285 g/mol. The second kappa shape index (κ2) is 4.87. The number of hydrogen-bond donors (Lipinski definition) is 2. The fourth-order valence-electron chi connectivity index (χ4n) is 1.88. The Morgan fingerprint density at radius 1 is 1.32 bits per heavy atom. The third-order valence-electron chi connectivity index (χ3n) is 3.32. The molecule has 0 aliphatic heterocycles. The van der Waals surface area contributed by atoms with Crippen LogP contribution in [0.15, 0.2) is 29.2 Å². The molecule has 1 saturated carbocycles. The van der Waals surface area contributed by atoms with Crippen molar-refractivity contribution in [1.29, 1.82) is 0 Å². The average Bonchev–Trinajstić information content (AvgIpc) is 2.34. The van der Waals surface area contributed by atoms with Crippen LogP contribution in [0.4, 0.5) is 5.69 Å². The lowest BCUT2D eigenvalue weighted by molar-refractivity contribution is -0.384. The van der Waals surface area contributed by atoms with Crippen molar-refractivity contribution in [3.63, 3.8) is 0 Å². The van der Waals surface area contributed by atoms with E-state index in [1.54, 1.807) is 0 Å². The fourth-order valence-corrected chi connectivity index (χ4v) is 3.02. The highest BCUT2D eigenvalue weighted by Gasteiger charge is 2.33. The van der Waals surface area contributed by atoms with Crippen molar-refractivity contribution >= 4 is 15.7 Å². The highest BCUT2D eigenvalue weighted by atomic mass is 32.2. The van der Waals surface area contributed by atoms with E-state index in [4.69, 9.17) is 5.73 Å². The maximum atomic E-state index is 12.0. The maximum absolute atomic E-state index is 12.0. The molecule has 7 nitrogen and oxygen atoms in total. The Bertz CT molecular complexity index is 578. The van der Waals surface area contributed by atoms with Crippen LogP contribution in [0.1, 0.15) is 19.3 Å². The van der Waals surface area contributed by atoms with Gasteiger partial charge in [-0.3, -0.25) is 10.1 Å². The molecule has 19 heavy (non-hydrogen) atoms. The Kier molecular flexibility index (Phi) is 3.57. The minimum Gasteiger partial charge on any atom is -0.324 e. The standard InChI is InChI=1S/C11H15N3O4S/c12-11(6-1-7-11)8-13-19(17,18)10-4-2-9(3-5-10)14(15)16/h2-5,13H,1,6-8,12H2. The van der Waals surface area contributed by atoms with Crippen molar-refractivity contribution in [3.8, 4) is 0 Å². The number of non-ortho nitro benzene ring substituents is 1. The summed E-state index contributed by atoms with van der Waals surface area (Å²) in [6.07, 6.45) is 2.61. The summed E-state index contributed by atoms with van der Waals surface area (Å²) in [6, 6.07) is 4.75. The molecule has 1 aliphatic carbocycles. The molecular formula is C11H15N3O4S.